The Morgan fingerprint density at radius 1 is 1.39 bits per heavy atom. The number of alkyl halides is 1. The Labute approximate surface area is 113 Å². The fraction of sp³-hybridized carbons (Fsp3) is 0.500. The normalized spacial score (nSPS) is 12.4. The third-order valence-corrected chi connectivity index (χ3v) is 5.17. The van der Waals surface area contributed by atoms with Crippen molar-refractivity contribution >= 4 is 21.6 Å². The fourth-order valence-electron chi connectivity index (χ4n) is 1.82. The molecule has 0 spiro atoms. The van der Waals surface area contributed by atoms with Crippen LogP contribution in [0.25, 0.3) is 0 Å². The van der Waals surface area contributed by atoms with Crippen LogP contribution in [0.2, 0.25) is 0 Å². The molecule has 0 N–H and O–H groups in total. The standard InChI is InChI=1S/C12H17ClFNO2S/c1-4-15(9(2)3)18(16,17)12-7-11(14)6-5-10(12)8-13/h5-7,9H,4,8H2,1-3H3. The van der Waals surface area contributed by atoms with Gasteiger partial charge in [-0.2, -0.15) is 4.31 Å². The van der Waals surface area contributed by atoms with Gasteiger partial charge in [0.15, 0.2) is 0 Å². The second-order valence-electron chi connectivity index (χ2n) is 4.19. The lowest BCUT2D eigenvalue weighted by atomic mass is 10.2. The van der Waals surface area contributed by atoms with Gasteiger partial charge in [0.25, 0.3) is 0 Å². The van der Waals surface area contributed by atoms with Gasteiger partial charge in [0.05, 0.1) is 4.90 Å². The second-order valence-corrected chi connectivity index (χ2v) is 6.31. The first-order valence-electron chi connectivity index (χ1n) is 5.70. The van der Waals surface area contributed by atoms with Crippen molar-refractivity contribution in [1.82, 2.24) is 4.31 Å². The quantitative estimate of drug-likeness (QED) is 0.783. The maximum Gasteiger partial charge on any atom is 0.243 e. The van der Waals surface area contributed by atoms with Crippen molar-refractivity contribution in [1.29, 1.82) is 0 Å². The lowest BCUT2D eigenvalue weighted by Crippen LogP contribution is -2.37. The highest BCUT2D eigenvalue weighted by Crippen LogP contribution is 2.24. The van der Waals surface area contributed by atoms with E-state index in [1.165, 1.54) is 16.4 Å². The van der Waals surface area contributed by atoms with Gasteiger partial charge in [0.1, 0.15) is 5.82 Å². The number of rotatable bonds is 5. The van der Waals surface area contributed by atoms with Crippen LogP contribution in [0.5, 0.6) is 0 Å². The first-order chi connectivity index (χ1) is 8.34. The van der Waals surface area contributed by atoms with Gasteiger partial charge < -0.3 is 0 Å². The number of nitrogens with zero attached hydrogens (tertiary/aromatic N) is 1. The maximum absolute atomic E-state index is 13.3. The molecule has 6 heteroatoms. The average molecular weight is 294 g/mol. The second kappa shape index (κ2) is 5.99. The summed E-state index contributed by atoms with van der Waals surface area (Å²) in [5.41, 5.74) is 0.414. The van der Waals surface area contributed by atoms with Crippen LogP contribution in [0.15, 0.2) is 23.1 Å². The molecule has 1 aromatic rings. The third-order valence-electron chi connectivity index (χ3n) is 2.65. The van der Waals surface area contributed by atoms with Crippen LogP contribution in [0, 0.1) is 5.82 Å². The highest BCUT2D eigenvalue weighted by Gasteiger charge is 2.28. The van der Waals surface area contributed by atoms with Crippen LogP contribution in [-0.4, -0.2) is 25.3 Å². The Balaban J connectivity index is 3.39. The lowest BCUT2D eigenvalue weighted by molar-refractivity contribution is 0.368. The molecule has 1 aromatic carbocycles. The Kier molecular flexibility index (Phi) is 5.13. The average Bonchev–Trinajstić information content (AvgIpc) is 2.28. The predicted octanol–water partition coefficient (Wildman–Crippen LogP) is 2.98. The zero-order chi connectivity index (χ0) is 13.9. The zero-order valence-electron chi connectivity index (χ0n) is 10.7. The first kappa shape index (κ1) is 15.4. The van der Waals surface area contributed by atoms with Gasteiger partial charge in [-0.25, -0.2) is 12.8 Å². The third kappa shape index (κ3) is 3.02. The van der Waals surface area contributed by atoms with Crippen LogP contribution in [0.1, 0.15) is 26.3 Å². The van der Waals surface area contributed by atoms with Gasteiger partial charge >= 0.3 is 0 Å². The topological polar surface area (TPSA) is 37.4 Å². The molecule has 0 amide bonds. The SMILES string of the molecule is CCN(C(C)C)S(=O)(=O)c1cc(F)ccc1CCl. The Morgan fingerprint density at radius 2 is 2.00 bits per heavy atom. The summed E-state index contributed by atoms with van der Waals surface area (Å²) in [6.07, 6.45) is 0. The summed E-state index contributed by atoms with van der Waals surface area (Å²) in [6.45, 7) is 5.64. The Morgan fingerprint density at radius 3 is 2.44 bits per heavy atom. The van der Waals surface area contributed by atoms with Gasteiger partial charge in [-0.3, -0.25) is 0 Å². The highest BCUT2D eigenvalue weighted by atomic mass is 35.5. The number of hydrogen-bond acceptors (Lipinski definition) is 2. The summed E-state index contributed by atoms with van der Waals surface area (Å²) >= 11 is 5.71. The molecular weight excluding hydrogens is 277 g/mol. The number of sulfonamides is 1. The molecule has 0 unspecified atom stereocenters. The van der Waals surface area contributed by atoms with Crippen molar-refractivity contribution < 1.29 is 12.8 Å². The van der Waals surface area contributed by atoms with E-state index in [2.05, 4.69) is 0 Å². The molecule has 0 bridgehead atoms. The number of benzene rings is 1. The van der Waals surface area contributed by atoms with E-state index in [9.17, 15) is 12.8 Å². The predicted molar refractivity (Wildman–Crippen MR) is 70.7 cm³/mol. The van der Waals surface area contributed by atoms with Crippen molar-refractivity contribution in [3.05, 3.63) is 29.6 Å². The maximum atomic E-state index is 13.3. The molecule has 0 fully saturated rings. The Bertz CT molecular complexity index is 517. The van der Waals surface area contributed by atoms with Gasteiger partial charge in [0.2, 0.25) is 10.0 Å². The van der Waals surface area contributed by atoms with E-state index in [-0.39, 0.29) is 16.8 Å². The summed E-state index contributed by atoms with van der Waals surface area (Å²) < 4.78 is 39.4. The fourth-order valence-corrected chi connectivity index (χ4v) is 4.01. The molecule has 0 saturated heterocycles. The van der Waals surface area contributed by atoms with Gasteiger partial charge in [-0.05, 0) is 31.5 Å². The zero-order valence-corrected chi connectivity index (χ0v) is 12.2. The van der Waals surface area contributed by atoms with Crippen LogP contribution in [-0.2, 0) is 15.9 Å². The minimum absolute atomic E-state index is 0.0322. The minimum Gasteiger partial charge on any atom is -0.207 e. The molecule has 0 heterocycles. The number of hydrogen-bond donors (Lipinski definition) is 0. The summed E-state index contributed by atoms with van der Waals surface area (Å²) in [6, 6.07) is 3.45. The van der Waals surface area contributed by atoms with Crippen LogP contribution in [0.3, 0.4) is 0 Å². The van der Waals surface area contributed by atoms with Gasteiger partial charge in [-0.1, -0.05) is 13.0 Å². The first-order valence-corrected chi connectivity index (χ1v) is 7.68. The largest absolute Gasteiger partial charge is 0.243 e. The van der Waals surface area contributed by atoms with E-state index >= 15 is 0 Å². The van der Waals surface area contributed by atoms with Crippen LogP contribution >= 0.6 is 11.6 Å². The van der Waals surface area contributed by atoms with E-state index in [1.54, 1.807) is 20.8 Å². The molecule has 0 aliphatic heterocycles. The summed E-state index contributed by atoms with van der Waals surface area (Å²) in [5, 5.41) is 0. The monoisotopic (exact) mass is 293 g/mol. The lowest BCUT2D eigenvalue weighted by Gasteiger charge is -2.25. The van der Waals surface area contributed by atoms with E-state index < -0.39 is 15.8 Å². The number of halogens is 2. The Hall–Kier alpha value is -0.650. The minimum atomic E-state index is -3.71. The summed E-state index contributed by atoms with van der Waals surface area (Å²) in [4.78, 5) is -0.0481. The molecule has 0 saturated carbocycles. The molecule has 0 aliphatic rings. The van der Waals surface area contributed by atoms with Gasteiger partial charge in [0, 0.05) is 18.5 Å². The van der Waals surface area contributed by atoms with E-state index in [1.807, 2.05) is 0 Å². The van der Waals surface area contributed by atoms with Crippen molar-refractivity contribution in [3.63, 3.8) is 0 Å². The molecule has 18 heavy (non-hydrogen) atoms. The highest BCUT2D eigenvalue weighted by molar-refractivity contribution is 7.89. The molecule has 1 rings (SSSR count). The summed E-state index contributed by atoms with van der Waals surface area (Å²) in [7, 11) is -3.71. The van der Waals surface area contributed by atoms with E-state index in [4.69, 9.17) is 11.6 Å². The van der Waals surface area contributed by atoms with Crippen molar-refractivity contribution in [2.45, 2.75) is 37.6 Å². The van der Waals surface area contributed by atoms with Crippen molar-refractivity contribution in [2.24, 2.45) is 0 Å². The van der Waals surface area contributed by atoms with Gasteiger partial charge in [-0.15, -0.1) is 11.6 Å². The molecule has 102 valence electrons. The van der Waals surface area contributed by atoms with E-state index in [0.29, 0.717) is 12.1 Å². The van der Waals surface area contributed by atoms with E-state index in [0.717, 1.165) is 6.07 Å². The molecule has 0 aliphatic carbocycles. The van der Waals surface area contributed by atoms with Crippen LogP contribution < -0.4 is 0 Å². The van der Waals surface area contributed by atoms with Crippen LogP contribution in [0.4, 0.5) is 4.39 Å². The molecular formula is C12H17ClFNO2S. The molecule has 0 atom stereocenters. The molecule has 0 radical (unpaired) electrons. The van der Waals surface area contributed by atoms with Crippen molar-refractivity contribution in [3.8, 4) is 0 Å². The van der Waals surface area contributed by atoms with Crippen molar-refractivity contribution in [2.75, 3.05) is 6.54 Å². The smallest absolute Gasteiger partial charge is 0.207 e. The molecule has 0 aromatic heterocycles. The summed E-state index contributed by atoms with van der Waals surface area (Å²) in [5.74, 6) is -0.549. The molecule has 3 nitrogen and oxygen atoms in total.